The Labute approximate surface area is 217 Å². The average molecular weight is 507 g/mol. The second-order valence-corrected chi connectivity index (χ2v) is 9.98. The molecule has 4 rings (SSSR count). The van der Waals surface area contributed by atoms with Crippen LogP contribution in [0, 0.1) is 0 Å². The molecular formula is C30H34O7. The summed E-state index contributed by atoms with van der Waals surface area (Å²) in [4.78, 5) is 38.1. The zero-order chi connectivity index (χ0) is 26.5. The second kappa shape index (κ2) is 11.6. The third-order valence-electron chi connectivity index (χ3n) is 6.64. The molecule has 2 heterocycles. The summed E-state index contributed by atoms with van der Waals surface area (Å²) in [5.74, 6) is -0.894. The highest BCUT2D eigenvalue weighted by Gasteiger charge is 2.36. The van der Waals surface area contributed by atoms with E-state index in [2.05, 4.69) is 0 Å². The fraction of sp³-hybridized carbons (Fsp3) is 0.433. The number of hydrogen-bond donors (Lipinski definition) is 1. The number of carbonyl (C=O) groups excluding carboxylic acids is 3. The Balaban J connectivity index is 1.83. The molecule has 0 aliphatic carbocycles. The van der Waals surface area contributed by atoms with Crippen molar-refractivity contribution in [1.82, 2.24) is 0 Å². The van der Waals surface area contributed by atoms with E-state index in [-0.39, 0.29) is 35.4 Å². The number of rotatable bonds is 3. The summed E-state index contributed by atoms with van der Waals surface area (Å²) in [6, 6.07) is 9.00. The molecular weight excluding hydrogens is 472 g/mol. The molecule has 2 aliphatic rings. The minimum absolute atomic E-state index is 0.00681. The molecule has 1 unspecified atom stereocenters. The number of hydrogen-bond acceptors (Lipinski definition) is 7. The molecule has 0 saturated carbocycles. The molecule has 196 valence electrons. The zero-order valence-electron chi connectivity index (χ0n) is 21.6. The highest BCUT2D eigenvalue weighted by atomic mass is 16.5. The van der Waals surface area contributed by atoms with Gasteiger partial charge in [-0.1, -0.05) is 30.4 Å². The van der Waals surface area contributed by atoms with E-state index in [1.807, 2.05) is 44.2 Å². The predicted molar refractivity (Wildman–Crippen MR) is 139 cm³/mol. The third kappa shape index (κ3) is 6.21. The molecule has 0 radical (unpaired) electrons. The first-order valence-electron chi connectivity index (χ1n) is 13.0. The van der Waals surface area contributed by atoms with Crippen LogP contribution in [0.5, 0.6) is 17.2 Å². The lowest BCUT2D eigenvalue weighted by Gasteiger charge is -2.29. The summed E-state index contributed by atoms with van der Waals surface area (Å²) >= 11 is 0. The standard InChI is InChI=1S/C30H34O7/c1-18(2)35-24-15-8-7-14-22(24)23-17-26(32)37-25-16-20-11-5-4-6-12-21(31)13-9-10-19(3)36-30(34)27(20)29(33)28(23)25/h5,7-8,11,14-16,18-19,23,33H,4,6,9-10,12-13,17H2,1-3H3/t19-,23?/m0/s1. The molecule has 1 N–H and O–H groups in total. The number of aromatic hydroxyl groups is 1. The first-order chi connectivity index (χ1) is 17.7. The van der Waals surface area contributed by atoms with Crippen molar-refractivity contribution in [1.29, 1.82) is 0 Å². The number of allylic oxidation sites excluding steroid dienone is 1. The SMILES string of the molecule is CC(C)Oc1ccccc1C1CC(=O)Oc2cc3c(c(O)c21)C(=O)O[C@@H](C)CCCC(=O)CCCC=C3. The van der Waals surface area contributed by atoms with Gasteiger partial charge in [-0.05, 0) is 64.2 Å². The van der Waals surface area contributed by atoms with Gasteiger partial charge in [-0.3, -0.25) is 9.59 Å². The van der Waals surface area contributed by atoms with Crippen molar-refractivity contribution in [2.45, 2.75) is 83.8 Å². The van der Waals surface area contributed by atoms with E-state index in [4.69, 9.17) is 14.2 Å². The Morgan fingerprint density at radius 3 is 2.62 bits per heavy atom. The van der Waals surface area contributed by atoms with Crippen LogP contribution in [-0.4, -0.2) is 35.0 Å². The first-order valence-corrected chi connectivity index (χ1v) is 13.0. The van der Waals surface area contributed by atoms with Crippen molar-refractivity contribution in [3.8, 4) is 17.2 Å². The van der Waals surface area contributed by atoms with Crippen molar-refractivity contribution >= 4 is 23.8 Å². The van der Waals surface area contributed by atoms with Crippen LogP contribution in [0.1, 0.15) is 98.7 Å². The second-order valence-electron chi connectivity index (χ2n) is 9.98. The lowest BCUT2D eigenvalue weighted by molar-refractivity contribution is -0.135. The number of phenols is 1. The molecule has 7 nitrogen and oxygen atoms in total. The average Bonchev–Trinajstić information content (AvgIpc) is 2.82. The highest BCUT2D eigenvalue weighted by molar-refractivity contribution is 5.98. The van der Waals surface area contributed by atoms with Gasteiger partial charge < -0.3 is 19.3 Å². The maximum Gasteiger partial charge on any atom is 0.342 e. The molecule has 0 saturated heterocycles. The molecule has 2 aliphatic heterocycles. The van der Waals surface area contributed by atoms with Crippen LogP contribution in [-0.2, 0) is 14.3 Å². The van der Waals surface area contributed by atoms with E-state index in [9.17, 15) is 19.5 Å². The number of ether oxygens (including phenoxy) is 3. The van der Waals surface area contributed by atoms with Gasteiger partial charge in [0.05, 0.1) is 18.6 Å². The van der Waals surface area contributed by atoms with Crippen molar-refractivity contribution in [2.24, 2.45) is 0 Å². The summed E-state index contributed by atoms with van der Waals surface area (Å²) in [5, 5.41) is 11.6. The molecule has 2 aromatic rings. The maximum atomic E-state index is 13.4. The van der Waals surface area contributed by atoms with Crippen LogP contribution < -0.4 is 9.47 Å². The number of Topliss-reactive ketones (excluding diaryl/α,β-unsaturated/α-hetero) is 1. The van der Waals surface area contributed by atoms with Crippen LogP contribution >= 0.6 is 0 Å². The Morgan fingerprint density at radius 1 is 1.08 bits per heavy atom. The van der Waals surface area contributed by atoms with Gasteiger partial charge in [-0.15, -0.1) is 0 Å². The molecule has 0 fully saturated rings. The number of esters is 2. The first kappa shape index (κ1) is 26.5. The van der Waals surface area contributed by atoms with Crippen molar-refractivity contribution in [3.05, 3.63) is 58.7 Å². The Bertz CT molecular complexity index is 1210. The van der Waals surface area contributed by atoms with Gasteiger partial charge in [-0.2, -0.15) is 0 Å². The van der Waals surface area contributed by atoms with Crippen molar-refractivity contribution in [3.63, 3.8) is 0 Å². The monoisotopic (exact) mass is 506 g/mol. The van der Waals surface area contributed by atoms with E-state index in [1.54, 1.807) is 19.1 Å². The van der Waals surface area contributed by atoms with E-state index >= 15 is 0 Å². The largest absolute Gasteiger partial charge is 0.507 e. The molecule has 0 amide bonds. The maximum absolute atomic E-state index is 13.4. The van der Waals surface area contributed by atoms with Crippen molar-refractivity contribution in [2.75, 3.05) is 0 Å². The molecule has 0 bridgehead atoms. The molecule has 2 atom stereocenters. The number of carbonyl (C=O) groups is 3. The third-order valence-corrected chi connectivity index (χ3v) is 6.64. The molecule has 0 spiro atoms. The van der Waals surface area contributed by atoms with Gasteiger partial charge in [0.1, 0.15) is 28.6 Å². The lowest BCUT2D eigenvalue weighted by atomic mass is 9.83. The van der Waals surface area contributed by atoms with E-state index in [1.165, 1.54) is 0 Å². The van der Waals surface area contributed by atoms with Gasteiger partial charge >= 0.3 is 11.9 Å². The number of phenolic OH excluding ortho intramolecular Hbond substituents is 1. The van der Waals surface area contributed by atoms with Gasteiger partial charge in [0, 0.05) is 29.9 Å². The minimum Gasteiger partial charge on any atom is -0.507 e. The van der Waals surface area contributed by atoms with E-state index < -0.39 is 24.0 Å². The summed E-state index contributed by atoms with van der Waals surface area (Å²) in [6.45, 7) is 5.61. The fourth-order valence-electron chi connectivity index (χ4n) is 4.91. The summed E-state index contributed by atoms with van der Waals surface area (Å²) < 4.78 is 17.2. The number of para-hydroxylation sites is 1. The topological polar surface area (TPSA) is 99.1 Å². The number of benzene rings is 2. The van der Waals surface area contributed by atoms with Crippen LogP contribution in [0.3, 0.4) is 0 Å². The van der Waals surface area contributed by atoms with Gasteiger partial charge in [0.2, 0.25) is 0 Å². The zero-order valence-corrected chi connectivity index (χ0v) is 21.6. The number of ketones is 1. The number of fused-ring (bicyclic) bond motifs is 2. The summed E-state index contributed by atoms with van der Waals surface area (Å²) in [7, 11) is 0. The Kier molecular flexibility index (Phi) is 8.31. The summed E-state index contributed by atoms with van der Waals surface area (Å²) in [6.07, 6.45) is 6.53. The Morgan fingerprint density at radius 2 is 1.84 bits per heavy atom. The smallest absolute Gasteiger partial charge is 0.342 e. The van der Waals surface area contributed by atoms with Gasteiger partial charge in [-0.25, -0.2) is 4.79 Å². The minimum atomic E-state index is -0.654. The van der Waals surface area contributed by atoms with E-state index in [0.29, 0.717) is 55.4 Å². The van der Waals surface area contributed by atoms with E-state index in [0.717, 1.165) is 5.56 Å². The van der Waals surface area contributed by atoms with Gasteiger partial charge in [0.15, 0.2) is 0 Å². The van der Waals surface area contributed by atoms with Gasteiger partial charge in [0.25, 0.3) is 0 Å². The predicted octanol–water partition coefficient (Wildman–Crippen LogP) is 6.10. The molecule has 2 aromatic carbocycles. The van der Waals surface area contributed by atoms with Crippen molar-refractivity contribution < 1.29 is 33.7 Å². The van der Waals surface area contributed by atoms with Crippen LogP contribution in [0.25, 0.3) is 6.08 Å². The fourth-order valence-corrected chi connectivity index (χ4v) is 4.91. The molecule has 37 heavy (non-hydrogen) atoms. The van der Waals surface area contributed by atoms with Crippen LogP contribution in [0.4, 0.5) is 0 Å². The highest BCUT2D eigenvalue weighted by Crippen LogP contribution is 2.49. The van der Waals surface area contributed by atoms with Crippen LogP contribution in [0.15, 0.2) is 36.4 Å². The van der Waals surface area contributed by atoms with Crippen LogP contribution in [0.2, 0.25) is 0 Å². The normalized spacial score (nSPS) is 20.9. The summed E-state index contributed by atoms with van der Waals surface area (Å²) in [5.41, 5.74) is 1.53. The number of cyclic esters (lactones) is 1. The quantitative estimate of drug-likeness (QED) is 0.396. The Hall–Kier alpha value is -3.61. The molecule has 0 aromatic heterocycles. The molecule has 7 heteroatoms. The lowest BCUT2D eigenvalue weighted by Crippen LogP contribution is -2.24.